The van der Waals surface area contributed by atoms with Gasteiger partial charge in [-0.1, -0.05) is 20.8 Å². The Hall–Kier alpha value is -0.490. The second kappa shape index (κ2) is 6.79. The van der Waals surface area contributed by atoms with Gasteiger partial charge in [0.15, 0.2) is 0 Å². The molecule has 1 aliphatic heterocycles. The topological polar surface area (TPSA) is 54.4 Å². The zero-order valence-electron chi connectivity index (χ0n) is 14.6. The lowest BCUT2D eigenvalue weighted by molar-refractivity contribution is 0.0350. The highest BCUT2D eigenvalue weighted by molar-refractivity contribution is 7.09. The fraction of sp³-hybridized carbons (Fsp3) is 0.833. The van der Waals surface area contributed by atoms with E-state index >= 15 is 0 Å². The van der Waals surface area contributed by atoms with Gasteiger partial charge in [-0.2, -0.15) is 0 Å². The fourth-order valence-electron chi connectivity index (χ4n) is 4.66. The van der Waals surface area contributed by atoms with Crippen LogP contribution in [0.5, 0.6) is 0 Å². The highest BCUT2D eigenvalue weighted by Gasteiger charge is 2.42. The number of nitrogens with one attached hydrogen (secondary N) is 1. The summed E-state index contributed by atoms with van der Waals surface area (Å²) in [5, 5.41) is 16.9. The minimum Gasteiger partial charge on any atom is -0.394 e. The van der Waals surface area contributed by atoms with Gasteiger partial charge in [-0.25, -0.2) is 4.98 Å². The SMILES string of the molecule is CC1CC(C)(C)CC(CO)(NCc2csc(C3CCCO3)n2)C1. The van der Waals surface area contributed by atoms with Crippen molar-refractivity contribution in [3.8, 4) is 0 Å². The van der Waals surface area contributed by atoms with E-state index in [1.165, 1.54) is 6.42 Å². The first kappa shape index (κ1) is 17.3. The second-order valence-electron chi connectivity index (χ2n) is 8.33. The zero-order valence-corrected chi connectivity index (χ0v) is 15.4. The Morgan fingerprint density at radius 2 is 2.26 bits per heavy atom. The summed E-state index contributed by atoms with van der Waals surface area (Å²) in [4.78, 5) is 4.75. The second-order valence-corrected chi connectivity index (χ2v) is 9.21. The van der Waals surface area contributed by atoms with Gasteiger partial charge in [-0.15, -0.1) is 11.3 Å². The lowest BCUT2D eigenvalue weighted by Gasteiger charge is -2.47. The van der Waals surface area contributed by atoms with Gasteiger partial charge in [-0.3, -0.25) is 0 Å². The van der Waals surface area contributed by atoms with Crippen molar-refractivity contribution in [1.82, 2.24) is 10.3 Å². The van der Waals surface area contributed by atoms with Crippen LogP contribution in [-0.2, 0) is 11.3 Å². The van der Waals surface area contributed by atoms with Crippen LogP contribution < -0.4 is 5.32 Å². The number of thiazole rings is 1. The molecule has 1 aliphatic carbocycles. The number of hydrogen-bond donors (Lipinski definition) is 2. The van der Waals surface area contributed by atoms with Crippen molar-refractivity contribution in [2.45, 2.75) is 71.1 Å². The third-order valence-electron chi connectivity index (χ3n) is 5.18. The Labute approximate surface area is 143 Å². The average Bonchev–Trinajstić information content (AvgIpc) is 3.14. The summed E-state index contributed by atoms with van der Waals surface area (Å²) in [5.74, 6) is 0.635. The number of rotatable bonds is 5. The standard InChI is InChI=1S/C18H30N2O2S/c1-13-7-17(2,3)11-18(8-13,12-21)19-9-14-10-23-16(20-14)15-5-4-6-22-15/h10,13,15,19,21H,4-9,11-12H2,1-3H3. The molecule has 2 aliphatic rings. The number of hydrogen-bond acceptors (Lipinski definition) is 5. The lowest BCUT2D eigenvalue weighted by atomic mass is 9.64. The molecule has 0 radical (unpaired) electrons. The molecule has 1 saturated heterocycles. The fourth-order valence-corrected chi connectivity index (χ4v) is 5.56. The first-order chi connectivity index (χ1) is 10.9. The smallest absolute Gasteiger partial charge is 0.122 e. The maximum Gasteiger partial charge on any atom is 0.122 e. The maximum atomic E-state index is 10.0. The van der Waals surface area contributed by atoms with E-state index in [2.05, 4.69) is 31.5 Å². The van der Waals surface area contributed by atoms with Crippen molar-refractivity contribution in [2.75, 3.05) is 13.2 Å². The van der Waals surface area contributed by atoms with Crippen LogP contribution in [0.25, 0.3) is 0 Å². The summed E-state index contributed by atoms with van der Waals surface area (Å²) < 4.78 is 5.72. The van der Waals surface area contributed by atoms with E-state index in [0.717, 1.165) is 49.5 Å². The largest absolute Gasteiger partial charge is 0.394 e. The minimum atomic E-state index is -0.172. The summed E-state index contributed by atoms with van der Waals surface area (Å²) in [6, 6.07) is 0. The van der Waals surface area contributed by atoms with Crippen molar-refractivity contribution >= 4 is 11.3 Å². The number of nitrogens with zero attached hydrogens (tertiary/aromatic N) is 1. The van der Waals surface area contributed by atoms with Gasteiger partial charge < -0.3 is 15.2 Å². The summed E-state index contributed by atoms with van der Waals surface area (Å²) in [6.45, 7) is 8.71. The predicted molar refractivity (Wildman–Crippen MR) is 93.5 cm³/mol. The maximum absolute atomic E-state index is 10.0. The van der Waals surface area contributed by atoms with Crippen molar-refractivity contribution < 1.29 is 9.84 Å². The first-order valence-electron chi connectivity index (χ1n) is 8.83. The van der Waals surface area contributed by atoms with E-state index in [1.54, 1.807) is 11.3 Å². The van der Waals surface area contributed by atoms with Crippen LogP contribution in [0.1, 0.15) is 69.7 Å². The molecule has 0 bridgehead atoms. The highest BCUT2D eigenvalue weighted by Crippen LogP contribution is 2.43. The molecule has 2 heterocycles. The van der Waals surface area contributed by atoms with Gasteiger partial charge in [0, 0.05) is 24.1 Å². The molecule has 5 heteroatoms. The number of aliphatic hydroxyl groups is 1. The average molecular weight is 339 g/mol. The monoisotopic (exact) mass is 338 g/mol. The molecular formula is C18H30N2O2S. The van der Waals surface area contributed by atoms with Crippen molar-refractivity contribution in [3.63, 3.8) is 0 Å². The molecule has 0 amide bonds. The molecule has 1 saturated carbocycles. The van der Waals surface area contributed by atoms with Crippen LogP contribution in [0.2, 0.25) is 0 Å². The van der Waals surface area contributed by atoms with Gasteiger partial charge in [0.1, 0.15) is 11.1 Å². The van der Waals surface area contributed by atoms with Crippen LogP contribution in [0.4, 0.5) is 0 Å². The van der Waals surface area contributed by atoms with Crippen LogP contribution in [-0.4, -0.2) is 28.8 Å². The molecule has 1 aromatic heterocycles. The molecule has 2 fully saturated rings. The Morgan fingerprint density at radius 1 is 1.43 bits per heavy atom. The van der Waals surface area contributed by atoms with Gasteiger partial charge in [0.2, 0.25) is 0 Å². The molecule has 4 nitrogen and oxygen atoms in total. The highest BCUT2D eigenvalue weighted by atomic mass is 32.1. The summed E-state index contributed by atoms with van der Waals surface area (Å²) in [7, 11) is 0. The van der Waals surface area contributed by atoms with Crippen LogP contribution in [0.15, 0.2) is 5.38 Å². The van der Waals surface area contributed by atoms with Gasteiger partial charge in [0.25, 0.3) is 0 Å². The van der Waals surface area contributed by atoms with Gasteiger partial charge in [0.05, 0.1) is 12.3 Å². The van der Waals surface area contributed by atoms with Crippen molar-refractivity contribution in [1.29, 1.82) is 0 Å². The first-order valence-corrected chi connectivity index (χ1v) is 9.71. The molecule has 0 spiro atoms. The molecule has 1 aromatic rings. The zero-order chi connectivity index (χ0) is 16.5. The van der Waals surface area contributed by atoms with E-state index in [9.17, 15) is 5.11 Å². The van der Waals surface area contributed by atoms with E-state index in [1.807, 2.05) is 0 Å². The third kappa shape index (κ3) is 4.13. The number of aliphatic hydroxyl groups excluding tert-OH is 1. The molecule has 23 heavy (non-hydrogen) atoms. The van der Waals surface area contributed by atoms with E-state index in [4.69, 9.17) is 9.72 Å². The quantitative estimate of drug-likeness (QED) is 0.860. The molecular weight excluding hydrogens is 308 g/mol. The van der Waals surface area contributed by atoms with Crippen LogP contribution >= 0.6 is 11.3 Å². The van der Waals surface area contributed by atoms with Gasteiger partial charge >= 0.3 is 0 Å². The molecule has 3 unspecified atom stereocenters. The van der Waals surface area contributed by atoms with Crippen LogP contribution in [0.3, 0.4) is 0 Å². The number of aromatic nitrogens is 1. The number of ether oxygens (including phenoxy) is 1. The molecule has 130 valence electrons. The minimum absolute atomic E-state index is 0.172. The lowest BCUT2D eigenvalue weighted by Crippen LogP contribution is -2.54. The third-order valence-corrected chi connectivity index (χ3v) is 6.16. The Morgan fingerprint density at radius 3 is 2.91 bits per heavy atom. The summed E-state index contributed by atoms with van der Waals surface area (Å²) in [5.41, 5.74) is 1.18. The van der Waals surface area contributed by atoms with E-state index in [-0.39, 0.29) is 23.7 Å². The normalized spacial score (nSPS) is 33.9. The molecule has 2 N–H and O–H groups in total. The Kier molecular flexibility index (Phi) is 5.12. The van der Waals surface area contributed by atoms with E-state index < -0.39 is 0 Å². The summed E-state index contributed by atoms with van der Waals surface area (Å²) >= 11 is 1.70. The Balaban J connectivity index is 1.63. The van der Waals surface area contributed by atoms with Gasteiger partial charge in [-0.05, 0) is 43.4 Å². The summed E-state index contributed by atoms with van der Waals surface area (Å²) in [6.07, 6.45) is 5.72. The van der Waals surface area contributed by atoms with Crippen molar-refractivity contribution in [2.24, 2.45) is 11.3 Å². The Bertz CT molecular complexity index is 525. The van der Waals surface area contributed by atoms with Crippen LogP contribution in [0, 0.1) is 11.3 Å². The molecule has 0 aromatic carbocycles. The molecule has 3 atom stereocenters. The molecule has 3 rings (SSSR count). The van der Waals surface area contributed by atoms with Crippen molar-refractivity contribution in [3.05, 3.63) is 16.1 Å². The van der Waals surface area contributed by atoms with E-state index in [0.29, 0.717) is 5.92 Å². The predicted octanol–water partition coefficient (Wildman–Crippen LogP) is 3.66.